The summed E-state index contributed by atoms with van der Waals surface area (Å²) in [5, 5.41) is 9.52. The number of halogens is 2. The molecule has 1 aromatic carbocycles. The van der Waals surface area contributed by atoms with Gasteiger partial charge in [0.2, 0.25) is 5.89 Å². The SMILES string of the molecule is O=C(O)c1coc(-c2ccc(Cl)cc2Cl)n1. The van der Waals surface area contributed by atoms with E-state index in [9.17, 15) is 4.79 Å². The molecule has 1 aromatic heterocycles. The van der Waals surface area contributed by atoms with Crippen LogP contribution in [-0.2, 0) is 0 Å². The van der Waals surface area contributed by atoms with Crippen molar-refractivity contribution in [3.8, 4) is 11.5 Å². The van der Waals surface area contributed by atoms with Gasteiger partial charge in [0, 0.05) is 5.02 Å². The van der Waals surface area contributed by atoms with Crippen molar-refractivity contribution in [3.63, 3.8) is 0 Å². The van der Waals surface area contributed by atoms with E-state index >= 15 is 0 Å². The number of nitrogens with zero attached hydrogens (tertiary/aromatic N) is 1. The summed E-state index contributed by atoms with van der Waals surface area (Å²) in [5.74, 6) is -1.00. The molecule has 0 aliphatic carbocycles. The van der Waals surface area contributed by atoms with Crippen LogP contribution in [0.5, 0.6) is 0 Å². The minimum Gasteiger partial charge on any atom is -0.476 e. The molecule has 4 nitrogen and oxygen atoms in total. The zero-order valence-electron chi connectivity index (χ0n) is 7.78. The normalized spacial score (nSPS) is 10.4. The van der Waals surface area contributed by atoms with E-state index in [1.807, 2.05) is 0 Å². The summed E-state index contributed by atoms with van der Waals surface area (Å²) in [7, 11) is 0. The Bertz CT molecular complexity index is 551. The quantitative estimate of drug-likeness (QED) is 0.897. The van der Waals surface area contributed by atoms with Crippen LogP contribution < -0.4 is 0 Å². The summed E-state index contributed by atoms with van der Waals surface area (Å²) in [5.41, 5.74) is 0.333. The van der Waals surface area contributed by atoms with Gasteiger partial charge in [-0.2, -0.15) is 0 Å². The summed E-state index contributed by atoms with van der Waals surface area (Å²) in [4.78, 5) is 14.4. The number of carboxylic acids is 1. The number of benzene rings is 1. The first-order valence-corrected chi connectivity index (χ1v) is 4.98. The number of oxazole rings is 1. The van der Waals surface area contributed by atoms with Gasteiger partial charge in [-0.3, -0.25) is 0 Å². The molecule has 0 saturated carbocycles. The van der Waals surface area contributed by atoms with Crippen molar-refractivity contribution < 1.29 is 14.3 Å². The van der Waals surface area contributed by atoms with Gasteiger partial charge in [-0.1, -0.05) is 23.2 Å². The fraction of sp³-hybridized carbons (Fsp3) is 0. The van der Waals surface area contributed by atoms with Crippen LogP contribution in [0, 0.1) is 0 Å². The van der Waals surface area contributed by atoms with E-state index in [-0.39, 0.29) is 11.6 Å². The van der Waals surface area contributed by atoms with Crippen molar-refractivity contribution in [2.24, 2.45) is 0 Å². The van der Waals surface area contributed by atoms with E-state index < -0.39 is 5.97 Å². The van der Waals surface area contributed by atoms with Crippen LogP contribution in [0.15, 0.2) is 28.9 Å². The van der Waals surface area contributed by atoms with Gasteiger partial charge in [0.1, 0.15) is 6.26 Å². The van der Waals surface area contributed by atoms with Gasteiger partial charge in [-0.15, -0.1) is 0 Å². The second-order valence-electron chi connectivity index (χ2n) is 2.97. The maximum Gasteiger partial charge on any atom is 0.357 e. The van der Waals surface area contributed by atoms with Gasteiger partial charge in [-0.05, 0) is 18.2 Å². The Morgan fingerprint density at radius 2 is 2.12 bits per heavy atom. The van der Waals surface area contributed by atoms with Crippen LogP contribution in [0.3, 0.4) is 0 Å². The molecule has 2 aromatic rings. The lowest BCUT2D eigenvalue weighted by molar-refractivity contribution is 0.0690. The van der Waals surface area contributed by atoms with Gasteiger partial charge in [0.25, 0.3) is 0 Å². The fourth-order valence-corrected chi connectivity index (χ4v) is 1.65. The maximum absolute atomic E-state index is 10.6. The third-order valence-electron chi connectivity index (χ3n) is 1.88. The lowest BCUT2D eigenvalue weighted by Gasteiger charge is -1.98. The van der Waals surface area contributed by atoms with Gasteiger partial charge in [0.15, 0.2) is 5.69 Å². The zero-order chi connectivity index (χ0) is 11.7. The monoisotopic (exact) mass is 257 g/mol. The maximum atomic E-state index is 10.6. The zero-order valence-corrected chi connectivity index (χ0v) is 9.29. The molecule has 0 atom stereocenters. The first kappa shape index (κ1) is 11.0. The van der Waals surface area contributed by atoms with E-state index in [1.165, 1.54) is 6.07 Å². The minimum absolute atomic E-state index is 0.152. The second-order valence-corrected chi connectivity index (χ2v) is 3.81. The van der Waals surface area contributed by atoms with Crippen LogP contribution in [0.1, 0.15) is 10.5 Å². The Morgan fingerprint density at radius 3 is 2.69 bits per heavy atom. The number of aromatic carboxylic acids is 1. The average molecular weight is 258 g/mol. The number of carboxylic acid groups (broad SMARTS) is 1. The largest absolute Gasteiger partial charge is 0.476 e. The number of hydrogen-bond acceptors (Lipinski definition) is 3. The van der Waals surface area contributed by atoms with E-state index in [2.05, 4.69) is 4.98 Å². The molecule has 0 unspecified atom stereocenters. The molecule has 0 amide bonds. The lowest BCUT2D eigenvalue weighted by atomic mass is 10.2. The van der Waals surface area contributed by atoms with E-state index in [0.29, 0.717) is 15.6 Å². The fourth-order valence-electron chi connectivity index (χ4n) is 1.16. The molecule has 0 aliphatic rings. The highest BCUT2D eigenvalue weighted by molar-refractivity contribution is 6.36. The third-order valence-corrected chi connectivity index (χ3v) is 2.43. The number of rotatable bonds is 2. The molecule has 6 heteroatoms. The highest BCUT2D eigenvalue weighted by Crippen LogP contribution is 2.29. The van der Waals surface area contributed by atoms with Crippen LogP contribution in [-0.4, -0.2) is 16.1 Å². The molecule has 0 bridgehead atoms. The molecule has 16 heavy (non-hydrogen) atoms. The summed E-state index contributed by atoms with van der Waals surface area (Å²) in [6, 6.07) is 4.76. The van der Waals surface area contributed by atoms with Crippen molar-refractivity contribution in [3.05, 3.63) is 40.2 Å². The Hall–Kier alpha value is -1.52. The third kappa shape index (κ3) is 2.03. The molecular formula is C10H5Cl2NO3. The van der Waals surface area contributed by atoms with Crippen LogP contribution >= 0.6 is 23.2 Å². The Kier molecular flexibility index (Phi) is 2.85. The van der Waals surface area contributed by atoms with Gasteiger partial charge >= 0.3 is 5.97 Å². The second kappa shape index (κ2) is 4.15. The molecule has 2 rings (SSSR count). The molecule has 0 spiro atoms. The van der Waals surface area contributed by atoms with Gasteiger partial charge < -0.3 is 9.52 Å². The summed E-state index contributed by atoms with van der Waals surface area (Å²) >= 11 is 11.7. The molecule has 0 saturated heterocycles. The number of aromatic nitrogens is 1. The highest BCUT2D eigenvalue weighted by Gasteiger charge is 2.14. The van der Waals surface area contributed by atoms with Crippen molar-refractivity contribution in [1.82, 2.24) is 4.98 Å². The van der Waals surface area contributed by atoms with Crippen molar-refractivity contribution in [2.45, 2.75) is 0 Å². The standard InChI is InChI=1S/C10H5Cl2NO3/c11-5-1-2-6(7(12)3-5)9-13-8(4-16-9)10(14)15/h1-4H,(H,14,15). The highest BCUT2D eigenvalue weighted by atomic mass is 35.5. The average Bonchev–Trinajstić information content (AvgIpc) is 2.66. The van der Waals surface area contributed by atoms with Crippen molar-refractivity contribution in [2.75, 3.05) is 0 Å². The smallest absolute Gasteiger partial charge is 0.357 e. The first-order valence-electron chi connectivity index (χ1n) is 4.22. The predicted octanol–water partition coefficient (Wildman–Crippen LogP) is 3.35. The summed E-state index contributed by atoms with van der Waals surface area (Å²) in [6.45, 7) is 0. The minimum atomic E-state index is -1.15. The molecule has 1 N–H and O–H groups in total. The molecule has 82 valence electrons. The van der Waals surface area contributed by atoms with Crippen LogP contribution in [0.2, 0.25) is 10.0 Å². The number of carbonyl (C=O) groups is 1. The predicted molar refractivity (Wildman–Crippen MR) is 58.9 cm³/mol. The van der Waals surface area contributed by atoms with Crippen molar-refractivity contribution in [1.29, 1.82) is 0 Å². The Morgan fingerprint density at radius 1 is 1.38 bits per heavy atom. The van der Waals surface area contributed by atoms with E-state index in [1.54, 1.807) is 12.1 Å². The Balaban J connectivity index is 2.46. The molecule has 0 fully saturated rings. The Labute approximate surface area is 100 Å². The van der Waals surface area contributed by atoms with E-state index in [0.717, 1.165) is 6.26 Å². The molecule has 0 radical (unpaired) electrons. The van der Waals surface area contributed by atoms with E-state index in [4.69, 9.17) is 32.7 Å². The van der Waals surface area contributed by atoms with Crippen molar-refractivity contribution >= 4 is 29.2 Å². The summed E-state index contributed by atoms with van der Waals surface area (Å²) < 4.78 is 5.01. The lowest BCUT2D eigenvalue weighted by Crippen LogP contribution is -1.95. The van der Waals surface area contributed by atoms with Crippen LogP contribution in [0.4, 0.5) is 0 Å². The molecule has 0 aliphatic heterocycles. The number of hydrogen-bond donors (Lipinski definition) is 1. The topological polar surface area (TPSA) is 63.3 Å². The summed E-state index contributed by atoms with van der Waals surface area (Å²) in [6.07, 6.45) is 1.06. The van der Waals surface area contributed by atoms with Gasteiger partial charge in [0.05, 0.1) is 10.6 Å². The molecule has 1 heterocycles. The van der Waals surface area contributed by atoms with Gasteiger partial charge in [-0.25, -0.2) is 9.78 Å². The molecular weight excluding hydrogens is 253 g/mol. The van der Waals surface area contributed by atoms with Crippen LogP contribution in [0.25, 0.3) is 11.5 Å². The first-order chi connectivity index (χ1) is 7.58.